The fourth-order valence-electron chi connectivity index (χ4n) is 1.66. The molecule has 16 heavy (non-hydrogen) atoms. The molecule has 5 heteroatoms. The lowest BCUT2D eigenvalue weighted by atomic mass is 10.1. The highest BCUT2D eigenvalue weighted by molar-refractivity contribution is 5.85. The summed E-state index contributed by atoms with van der Waals surface area (Å²) in [5.74, 6) is 1.66. The van der Waals surface area contributed by atoms with Gasteiger partial charge >= 0.3 is 0 Å². The van der Waals surface area contributed by atoms with Crippen molar-refractivity contribution in [3.8, 4) is 11.5 Å². The lowest BCUT2D eigenvalue weighted by Gasteiger charge is -2.11. The standard InChI is InChI=1S/C11H15NO3.ClH/c1-8(12-13-2)5-9-3-4-10-11(6-9)15-7-14-10;/h3-4,6,8,12H,5,7H2,1-2H3;1H. The molecule has 1 unspecified atom stereocenters. The number of hydrogen-bond donors (Lipinski definition) is 1. The largest absolute Gasteiger partial charge is 0.454 e. The molecule has 0 bridgehead atoms. The summed E-state index contributed by atoms with van der Waals surface area (Å²) in [7, 11) is 1.62. The van der Waals surface area contributed by atoms with Crippen molar-refractivity contribution in [2.45, 2.75) is 19.4 Å². The fraction of sp³-hybridized carbons (Fsp3) is 0.455. The lowest BCUT2D eigenvalue weighted by Crippen LogP contribution is -2.26. The Morgan fingerprint density at radius 1 is 1.38 bits per heavy atom. The summed E-state index contributed by atoms with van der Waals surface area (Å²) < 4.78 is 10.6. The molecule has 0 aromatic heterocycles. The molecule has 0 amide bonds. The zero-order chi connectivity index (χ0) is 10.7. The SMILES string of the molecule is CONC(C)Cc1ccc2c(c1)OCO2.Cl. The van der Waals surface area contributed by atoms with Crippen molar-refractivity contribution in [3.05, 3.63) is 23.8 Å². The minimum absolute atomic E-state index is 0. The minimum atomic E-state index is 0. The van der Waals surface area contributed by atoms with Crippen LogP contribution in [0.15, 0.2) is 18.2 Å². The normalized spacial score (nSPS) is 14.4. The van der Waals surface area contributed by atoms with Gasteiger partial charge in [-0.15, -0.1) is 12.4 Å². The van der Waals surface area contributed by atoms with Crippen LogP contribution >= 0.6 is 12.4 Å². The molecule has 0 spiro atoms. The van der Waals surface area contributed by atoms with Gasteiger partial charge in [-0.1, -0.05) is 6.07 Å². The number of hydroxylamine groups is 1. The Morgan fingerprint density at radius 2 is 2.12 bits per heavy atom. The summed E-state index contributed by atoms with van der Waals surface area (Å²) in [6, 6.07) is 6.27. The molecule has 4 nitrogen and oxygen atoms in total. The molecule has 0 fully saturated rings. The average Bonchev–Trinajstić information content (AvgIpc) is 2.65. The molecule has 1 heterocycles. The van der Waals surface area contributed by atoms with E-state index in [1.807, 2.05) is 18.2 Å². The van der Waals surface area contributed by atoms with Crippen molar-refractivity contribution in [1.29, 1.82) is 0 Å². The van der Waals surface area contributed by atoms with E-state index in [2.05, 4.69) is 12.4 Å². The van der Waals surface area contributed by atoms with Crippen LogP contribution in [0.1, 0.15) is 12.5 Å². The highest BCUT2D eigenvalue weighted by Crippen LogP contribution is 2.32. The van der Waals surface area contributed by atoms with Gasteiger partial charge < -0.3 is 14.3 Å². The van der Waals surface area contributed by atoms with E-state index in [0.717, 1.165) is 17.9 Å². The molecular formula is C11H16ClNO3. The van der Waals surface area contributed by atoms with Crippen LogP contribution in [0.5, 0.6) is 11.5 Å². The lowest BCUT2D eigenvalue weighted by molar-refractivity contribution is 0.0661. The molecule has 0 saturated heterocycles. The first-order valence-electron chi connectivity index (χ1n) is 4.96. The summed E-state index contributed by atoms with van der Waals surface area (Å²) in [5.41, 5.74) is 4.09. The molecule has 0 radical (unpaired) electrons. The van der Waals surface area contributed by atoms with Crippen molar-refractivity contribution >= 4 is 12.4 Å². The van der Waals surface area contributed by atoms with Crippen molar-refractivity contribution in [1.82, 2.24) is 5.48 Å². The molecule has 1 N–H and O–H groups in total. The van der Waals surface area contributed by atoms with Crippen LogP contribution in [0, 0.1) is 0 Å². The van der Waals surface area contributed by atoms with E-state index in [1.165, 1.54) is 5.56 Å². The van der Waals surface area contributed by atoms with Gasteiger partial charge in [0.15, 0.2) is 11.5 Å². The molecular weight excluding hydrogens is 230 g/mol. The number of benzene rings is 1. The van der Waals surface area contributed by atoms with E-state index in [1.54, 1.807) is 7.11 Å². The molecule has 2 rings (SSSR count). The van der Waals surface area contributed by atoms with E-state index in [-0.39, 0.29) is 18.4 Å². The van der Waals surface area contributed by atoms with Gasteiger partial charge in [-0.05, 0) is 31.0 Å². The summed E-state index contributed by atoms with van der Waals surface area (Å²) >= 11 is 0. The predicted molar refractivity (Wildman–Crippen MR) is 63.1 cm³/mol. The highest BCUT2D eigenvalue weighted by atomic mass is 35.5. The zero-order valence-corrected chi connectivity index (χ0v) is 10.2. The molecule has 90 valence electrons. The first-order chi connectivity index (χ1) is 7.29. The first-order valence-corrected chi connectivity index (χ1v) is 4.96. The molecule has 1 atom stereocenters. The third-order valence-electron chi connectivity index (χ3n) is 2.30. The van der Waals surface area contributed by atoms with Gasteiger partial charge in [0, 0.05) is 6.04 Å². The number of hydrogen-bond acceptors (Lipinski definition) is 4. The van der Waals surface area contributed by atoms with Crippen LogP contribution in [0.2, 0.25) is 0 Å². The van der Waals surface area contributed by atoms with Gasteiger partial charge in [0.2, 0.25) is 6.79 Å². The van der Waals surface area contributed by atoms with Gasteiger partial charge in [-0.25, -0.2) is 0 Å². The number of nitrogens with one attached hydrogen (secondary N) is 1. The maximum absolute atomic E-state index is 5.31. The molecule has 1 aromatic carbocycles. The average molecular weight is 246 g/mol. The van der Waals surface area contributed by atoms with Crippen molar-refractivity contribution in [2.75, 3.05) is 13.9 Å². The van der Waals surface area contributed by atoms with Gasteiger partial charge in [0.25, 0.3) is 0 Å². The third-order valence-corrected chi connectivity index (χ3v) is 2.30. The fourth-order valence-corrected chi connectivity index (χ4v) is 1.66. The maximum Gasteiger partial charge on any atom is 0.231 e. The Balaban J connectivity index is 0.00000128. The van der Waals surface area contributed by atoms with Crippen LogP contribution in [-0.4, -0.2) is 19.9 Å². The Hall–Kier alpha value is -0.970. The summed E-state index contributed by atoms with van der Waals surface area (Å²) in [4.78, 5) is 4.86. The Labute approximate surface area is 101 Å². The van der Waals surface area contributed by atoms with Gasteiger partial charge in [-0.2, -0.15) is 5.48 Å². The summed E-state index contributed by atoms with van der Waals surface area (Å²) in [5, 5.41) is 0. The first kappa shape index (κ1) is 13.1. The van der Waals surface area contributed by atoms with Crippen molar-refractivity contribution < 1.29 is 14.3 Å². The van der Waals surface area contributed by atoms with Crippen LogP contribution in [0.25, 0.3) is 0 Å². The second kappa shape index (κ2) is 5.94. The molecule has 1 aliphatic heterocycles. The predicted octanol–water partition coefficient (Wildman–Crippen LogP) is 1.92. The molecule has 1 aromatic rings. The molecule has 1 aliphatic rings. The van der Waals surface area contributed by atoms with Crippen LogP contribution < -0.4 is 15.0 Å². The monoisotopic (exact) mass is 245 g/mol. The van der Waals surface area contributed by atoms with E-state index >= 15 is 0 Å². The second-order valence-electron chi connectivity index (χ2n) is 3.61. The van der Waals surface area contributed by atoms with Gasteiger partial charge in [0.1, 0.15) is 0 Å². The van der Waals surface area contributed by atoms with Crippen molar-refractivity contribution in [2.24, 2.45) is 0 Å². The van der Waals surface area contributed by atoms with Crippen LogP contribution in [0.3, 0.4) is 0 Å². The van der Waals surface area contributed by atoms with Gasteiger partial charge in [0.05, 0.1) is 7.11 Å². The Bertz CT molecular complexity index is 346. The Morgan fingerprint density at radius 3 is 2.88 bits per heavy atom. The quantitative estimate of drug-likeness (QED) is 0.823. The smallest absolute Gasteiger partial charge is 0.231 e. The van der Waals surface area contributed by atoms with E-state index < -0.39 is 0 Å². The van der Waals surface area contributed by atoms with E-state index in [9.17, 15) is 0 Å². The van der Waals surface area contributed by atoms with Crippen molar-refractivity contribution in [3.63, 3.8) is 0 Å². The number of ether oxygens (including phenoxy) is 2. The van der Waals surface area contributed by atoms with Gasteiger partial charge in [-0.3, -0.25) is 0 Å². The zero-order valence-electron chi connectivity index (χ0n) is 9.36. The van der Waals surface area contributed by atoms with Crippen LogP contribution in [-0.2, 0) is 11.3 Å². The maximum atomic E-state index is 5.31. The van der Waals surface area contributed by atoms with Crippen LogP contribution in [0.4, 0.5) is 0 Å². The highest BCUT2D eigenvalue weighted by Gasteiger charge is 2.13. The Kier molecular flexibility index (Phi) is 4.86. The second-order valence-corrected chi connectivity index (χ2v) is 3.61. The molecule has 0 saturated carbocycles. The summed E-state index contributed by atoms with van der Waals surface area (Å²) in [6.45, 7) is 2.39. The number of halogens is 1. The number of fused-ring (bicyclic) bond motifs is 1. The minimum Gasteiger partial charge on any atom is -0.454 e. The van der Waals surface area contributed by atoms with E-state index in [4.69, 9.17) is 14.3 Å². The van der Waals surface area contributed by atoms with E-state index in [0.29, 0.717) is 6.79 Å². The topological polar surface area (TPSA) is 39.7 Å². The molecule has 0 aliphatic carbocycles. The summed E-state index contributed by atoms with van der Waals surface area (Å²) in [6.07, 6.45) is 0.893. The number of rotatable bonds is 4. The third kappa shape index (κ3) is 3.01.